The predicted octanol–water partition coefficient (Wildman–Crippen LogP) is 0.300. The normalized spacial score (nSPS) is 41.7. The van der Waals surface area contributed by atoms with Crippen molar-refractivity contribution in [1.82, 2.24) is 10.2 Å². The van der Waals surface area contributed by atoms with Crippen LogP contribution < -0.4 is 5.32 Å². The van der Waals surface area contributed by atoms with Crippen LogP contribution >= 0.6 is 0 Å². The molecule has 0 aliphatic carbocycles. The van der Waals surface area contributed by atoms with Crippen LogP contribution in [0.25, 0.3) is 0 Å². The van der Waals surface area contributed by atoms with Crippen LogP contribution in [-0.4, -0.2) is 37.6 Å². The summed E-state index contributed by atoms with van der Waals surface area (Å²) in [5.74, 6) is 1.01. The molecule has 2 heteroatoms. The zero-order chi connectivity index (χ0) is 6.97. The van der Waals surface area contributed by atoms with E-state index in [9.17, 15) is 0 Å². The lowest BCUT2D eigenvalue weighted by Crippen LogP contribution is -2.56. The van der Waals surface area contributed by atoms with Gasteiger partial charge in [0.05, 0.1) is 0 Å². The van der Waals surface area contributed by atoms with Gasteiger partial charge in [0.1, 0.15) is 0 Å². The lowest BCUT2D eigenvalue weighted by molar-refractivity contribution is 0.0447. The van der Waals surface area contributed by atoms with Gasteiger partial charge in [-0.3, -0.25) is 0 Å². The smallest absolute Gasteiger partial charge is 0.0258 e. The molecule has 0 bridgehead atoms. The van der Waals surface area contributed by atoms with Crippen molar-refractivity contribution in [3.8, 4) is 0 Å². The fraction of sp³-hybridized carbons (Fsp3) is 1.00. The molecule has 0 aromatic heterocycles. The number of hydrogen-bond acceptors (Lipinski definition) is 2. The number of nitrogens with one attached hydrogen (secondary N) is 1. The molecule has 1 N–H and O–H groups in total. The van der Waals surface area contributed by atoms with Gasteiger partial charge in [-0.2, -0.15) is 0 Å². The van der Waals surface area contributed by atoms with Crippen molar-refractivity contribution < 1.29 is 0 Å². The summed E-state index contributed by atoms with van der Waals surface area (Å²) in [6, 6.07) is 0.863. The molecule has 2 heterocycles. The number of nitrogens with zero attached hydrogens (tertiary/aromatic N) is 1. The fourth-order valence-corrected chi connectivity index (χ4v) is 2.19. The van der Waals surface area contributed by atoms with E-state index in [1.807, 2.05) is 0 Å². The van der Waals surface area contributed by atoms with Gasteiger partial charge in [0, 0.05) is 19.1 Å². The molecule has 2 aliphatic heterocycles. The average Bonchev–Trinajstić information content (AvgIpc) is 2.09. The molecule has 0 aromatic rings. The Morgan fingerprint density at radius 2 is 2.40 bits per heavy atom. The molecule has 2 aliphatic rings. The van der Waals surface area contributed by atoms with Gasteiger partial charge in [0.25, 0.3) is 0 Å². The molecule has 0 spiro atoms. The number of likely N-dealkylation sites (tertiary alicyclic amines) is 1. The van der Waals surface area contributed by atoms with Crippen molar-refractivity contribution in [2.24, 2.45) is 5.92 Å². The van der Waals surface area contributed by atoms with E-state index in [-0.39, 0.29) is 0 Å². The SMILES string of the molecule is CN1CC2CCCNCC21. The Morgan fingerprint density at radius 3 is 3.20 bits per heavy atom. The van der Waals surface area contributed by atoms with Crippen LogP contribution in [-0.2, 0) is 0 Å². The summed E-state index contributed by atoms with van der Waals surface area (Å²) in [5.41, 5.74) is 0. The molecular formula is C8H16N2. The molecule has 2 fully saturated rings. The van der Waals surface area contributed by atoms with Crippen LogP contribution in [0.2, 0.25) is 0 Å². The van der Waals surface area contributed by atoms with Crippen LogP contribution in [0.5, 0.6) is 0 Å². The maximum Gasteiger partial charge on any atom is 0.0258 e. The molecule has 0 amide bonds. The maximum atomic E-state index is 3.47. The summed E-state index contributed by atoms with van der Waals surface area (Å²) in [5, 5.41) is 3.47. The number of fused-ring (bicyclic) bond motifs is 1. The van der Waals surface area contributed by atoms with E-state index < -0.39 is 0 Å². The molecule has 58 valence electrons. The van der Waals surface area contributed by atoms with Crippen molar-refractivity contribution >= 4 is 0 Å². The van der Waals surface area contributed by atoms with Gasteiger partial charge in [-0.25, -0.2) is 0 Å². The van der Waals surface area contributed by atoms with E-state index >= 15 is 0 Å². The Balaban J connectivity index is 1.93. The van der Waals surface area contributed by atoms with Crippen molar-refractivity contribution in [3.63, 3.8) is 0 Å². The topological polar surface area (TPSA) is 15.3 Å². The first kappa shape index (κ1) is 6.62. The van der Waals surface area contributed by atoms with E-state index in [2.05, 4.69) is 17.3 Å². The summed E-state index contributed by atoms with van der Waals surface area (Å²) in [6.45, 7) is 3.80. The van der Waals surface area contributed by atoms with E-state index in [0.717, 1.165) is 12.0 Å². The molecule has 0 aromatic carbocycles. The first-order chi connectivity index (χ1) is 4.88. The summed E-state index contributed by atoms with van der Waals surface area (Å²) < 4.78 is 0. The predicted molar refractivity (Wildman–Crippen MR) is 42.0 cm³/mol. The van der Waals surface area contributed by atoms with Gasteiger partial charge in [-0.15, -0.1) is 0 Å². The third kappa shape index (κ3) is 0.956. The van der Waals surface area contributed by atoms with E-state index in [1.54, 1.807) is 0 Å². The quantitative estimate of drug-likeness (QED) is 0.520. The largest absolute Gasteiger partial charge is 0.315 e. The Bertz CT molecular complexity index is 124. The second-order valence-electron chi connectivity index (χ2n) is 3.61. The van der Waals surface area contributed by atoms with Gasteiger partial charge in [0.15, 0.2) is 0 Å². The highest BCUT2D eigenvalue weighted by molar-refractivity contribution is 4.92. The minimum absolute atomic E-state index is 0.863. The van der Waals surface area contributed by atoms with Gasteiger partial charge in [-0.1, -0.05) is 0 Å². The standard InChI is InChI=1S/C8H16N2/c1-10-6-7-3-2-4-9-5-8(7)10/h7-9H,2-6H2,1H3. The van der Waals surface area contributed by atoms with Crippen LogP contribution in [0.3, 0.4) is 0 Å². The summed E-state index contributed by atoms with van der Waals surface area (Å²) in [7, 11) is 2.23. The maximum absolute atomic E-state index is 3.47. The van der Waals surface area contributed by atoms with Crippen LogP contribution in [0, 0.1) is 5.92 Å². The molecule has 2 nitrogen and oxygen atoms in total. The second kappa shape index (κ2) is 2.51. The van der Waals surface area contributed by atoms with Crippen molar-refractivity contribution in [2.75, 3.05) is 26.7 Å². The average molecular weight is 140 g/mol. The Hall–Kier alpha value is -0.0800. The van der Waals surface area contributed by atoms with Crippen molar-refractivity contribution in [1.29, 1.82) is 0 Å². The van der Waals surface area contributed by atoms with E-state index in [4.69, 9.17) is 0 Å². The van der Waals surface area contributed by atoms with Crippen molar-refractivity contribution in [2.45, 2.75) is 18.9 Å². The lowest BCUT2D eigenvalue weighted by Gasteiger charge is -2.45. The van der Waals surface area contributed by atoms with Gasteiger partial charge < -0.3 is 10.2 Å². The second-order valence-corrected chi connectivity index (χ2v) is 3.61. The Kier molecular flexibility index (Phi) is 1.66. The Morgan fingerprint density at radius 1 is 1.50 bits per heavy atom. The number of rotatable bonds is 0. The first-order valence-corrected chi connectivity index (χ1v) is 4.29. The zero-order valence-electron chi connectivity index (χ0n) is 6.64. The monoisotopic (exact) mass is 140 g/mol. The molecular weight excluding hydrogens is 124 g/mol. The van der Waals surface area contributed by atoms with Gasteiger partial charge in [-0.05, 0) is 32.4 Å². The van der Waals surface area contributed by atoms with Gasteiger partial charge in [0.2, 0.25) is 0 Å². The summed E-state index contributed by atoms with van der Waals surface area (Å²) >= 11 is 0. The third-order valence-corrected chi connectivity index (χ3v) is 2.91. The lowest BCUT2D eigenvalue weighted by atomic mass is 9.86. The van der Waals surface area contributed by atoms with E-state index in [1.165, 1.54) is 32.5 Å². The highest BCUT2D eigenvalue weighted by Crippen LogP contribution is 2.27. The zero-order valence-corrected chi connectivity index (χ0v) is 6.64. The van der Waals surface area contributed by atoms with Crippen LogP contribution in [0.15, 0.2) is 0 Å². The number of likely N-dealkylation sites (N-methyl/N-ethyl adjacent to an activating group) is 1. The molecule has 0 saturated carbocycles. The first-order valence-electron chi connectivity index (χ1n) is 4.29. The number of hydrogen-bond donors (Lipinski definition) is 1. The minimum atomic E-state index is 0.863. The molecule has 2 saturated heterocycles. The Labute approximate surface area is 62.6 Å². The molecule has 2 rings (SSSR count). The van der Waals surface area contributed by atoms with E-state index in [0.29, 0.717) is 0 Å². The van der Waals surface area contributed by atoms with Gasteiger partial charge >= 0.3 is 0 Å². The molecule has 2 unspecified atom stereocenters. The molecule has 2 atom stereocenters. The third-order valence-electron chi connectivity index (χ3n) is 2.91. The fourth-order valence-electron chi connectivity index (χ4n) is 2.19. The van der Waals surface area contributed by atoms with Crippen molar-refractivity contribution in [3.05, 3.63) is 0 Å². The summed E-state index contributed by atoms with van der Waals surface area (Å²) in [6.07, 6.45) is 2.83. The highest BCUT2D eigenvalue weighted by atomic mass is 15.2. The molecule has 10 heavy (non-hydrogen) atoms. The minimum Gasteiger partial charge on any atom is -0.315 e. The molecule has 0 radical (unpaired) electrons. The van der Waals surface area contributed by atoms with Crippen LogP contribution in [0.4, 0.5) is 0 Å². The highest BCUT2D eigenvalue weighted by Gasteiger charge is 2.35. The summed E-state index contributed by atoms with van der Waals surface area (Å²) in [4.78, 5) is 2.46. The van der Waals surface area contributed by atoms with Crippen LogP contribution in [0.1, 0.15) is 12.8 Å².